The Morgan fingerprint density at radius 2 is 1.65 bits per heavy atom. The van der Waals surface area contributed by atoms with Gasteiger partial charge in [-0.2, -0.15) is 0 Å². The summed E-state index contributed by atoms with van der Waals surface area (Å²) in [6.07, 6.45) is 8.53. The first kappa shape index (κ1) is 12.5. The summed E-state index contributed by atoms with van der Waals surface area (Å²) in [5, 5.41) is 3.23. The van der Waals surface area contributed by atoms with Crippen molar-refractivity contribution in [3.63, 3.8) is 0 Å². The van der Waals surface area contributed by atoms with E-state index in [0.717, 1.165) is 6.67 Å². The maximum Gasteiger partial charge on any atom is 0.0876 e. The molecule has 1 atom stereocenters. The van der Waals surface area contributed by atoms with Gasteiger partial charge < -0.3 is 10.2 Å². The first-order chi connectivity index (χ1) is 9.93. The van der Waals surface area contributed by atoms with E-state index in [0.29, 0.717) is 0 Å². The molecular weight excluding hydrogens is 244 g/mol. The van der Waals surface area contributed by atoms with Crippen LogP contribution in [0.5, 0.6) is 0 Å². The van der Waals surface area contributed by atoms with Crippen molar-refractivity contribution in [2.75, 3.05) is 6.67 Å². The minimum Gasteiger partial charge on any atom is -0.373 e. The summed E-state index contributed by atoms with van der Waals surface area (Å²) in [5.41, 5.74) is 2.53. The Hall–Kier alpha value is -2.48. The molecule has 0 spiro atoms. The van der Waals surface area contributed by atoms with E-state index < -0.39 is 0 Å². The standard InChI is InChI=1S/C18H18N2/c1-3-7-16(8-4-1)11-12-18(20-14-13-19-15-20)17-9-5-2-6-10-17/h1-14,18-19H,15H2/b12-11+. The van der Waals surface area contributed by atoms with Crippen molar-refractivity contribution in [3.05, 3.63) is 90.3 Å². The van der Waals surface area contributed by atoms with E-state index in [9.17, 15) is 0 Å². The van der Waals surface area contributed by atoms with E-state index in [1.807, 2.05) is 12.3 Å². The lowest BCUT2D eigenvalue weighted by molar-refractivity contribution is 0.339. The average molecular weight is 262 g/mol. The third kappa shape index (κ3) is 2.91. The summed E-state index contributed by atoms with van der Waals surface area (Å²) in [6, 6.07) is 21.2. The van der Waals surface area contributed by atoms with Crippen molar-refractivity contribution < 1.29 is 0 Å². The van der Waals surface area contributed by atoms with E-state index in [-0.39, 0.29) is 6.04 Å². The SMILES string of the molecule is C1=CN(C(/C=C/c2ccccc2)c2ccccc2)CN1. The molecule has 0 aliphatic carbocycles. The highest BCUT2D eigenvalue weighted by Crippen LogP contribution is 2.24. The van der Waals surface area contributed by atoms with Crippen LogP contribution in [0.15, 0.2) is 79.1 Å². The van der Waals surface area contributed by atoms with Crippen LogP contribution in [0.25, 0.3) is 6.08 Å². The van der Waals surface area contributed by atoms with E-state index in [1.165, 1.54) is 11.1 Å². The third-order valence-electron chi connectivity index (χ3n) is 3.43. The van der Waals surface area contributed by atoms with Crippen LogP contribution >= 0.6 is 0 Å². The molecular formula is C18H18N2. The van der Waals surface area contributed by atoms with Crippen molar-refractivity contribution in [1.29, 1.82) is 0 Å². The largest absolute Gasteiger partial charge is 0.373 e. The molecule has 0 aromatic heterocycles. The van der Waals surface area contributed by atoms with Crippen molar-refractivity contribution in [2.45, 2.75) is 6.04 Å². The van der Waals surface area contributed by atoms with Crippen LogP contribution in [0, 0.1) is 0 Å². The highest BCUT2D eigenvalue weighted by molar-refractivity contribution is 5.50. The molecule has 1 unspecified atom stereocenters. The molecule has 3 rings (SSSR count). The van der Waals surface area contributed by atoms with Crippen LogP contribution < -0.4 is 5.32 Å². The van der Waals surface area contributed by atoms with Crippen LogP contribution in [0.2, 0.25) is 0 Å². The third-order valence-corrected chi connectivity index (χ3v) is 3.43. The molecule has 2 nitrogen and oxygen atoms in total. The Labute approximate surface area is 120 Å². The van der Waals surface area contributed by atoms with E-state index in [1.54, 1.807) is 0 Å². The number of nitrogens with one attached hydrogen (secondary N) is 1. The van der Waals surface area contributed by atoms with Crippen molar-refractivity contribution in [1.82, 2.24) is 10.2 Å². The molecule has 2 heteroatoms. The highest BCUT2D eigenvalue weighted by Gasteiger charge is 2.16. The molecule has 0 radical (unpaired) electrons. The van der Waals surface area contributed by atoms with Gasteiger partial charge in [-0.15, -0.1) is 0 Å². The predicted molar refractivity (Wildman–Crippen MR) is 83.6 cm³/mol. The molecule has 0 saturated carbocycles. The molecule has 0 fully saturated rings. The maximum atomic E-state index is 3.23. The summed E-state index contributed by atoms with van der Waals surface area (Å²) in [5.74, 6) is 0. The van der Waals surface area contributed by atoms with Crippen LogP contribution in [0.3, 0.4) is 0 Å². The molecule has 100 valence electrons. The smallest absolute Gasteiger partial charge is 0.0876 e. The number of hydrogen-bond acceptors (Lipinski definition) is 2. The average Bonchev–Trinajstić information content (AvgIpc) is 3.04. The second-order valence-corrected chi connectivity index (χ2v) is 4.82. The van der Waals surface area contributed by atoms with Gasteiger partial charge in [0.1, 0.15) is 0 Å². The second kappa shape index (κ2) is 6.11. The second-order valence-electron chi connectivity index (χ2n) is 4.82. The minimum absolute atomic E-state index is 0.252. The van der Waals surface area contributed by atoms with E-state index in [2.05, 4.69) is 83.2 Å². The fourth-order valence-corrected chi connectivity index (χ4v) is 2.38. The molecule has 1 N–H and O–H groups in total. The fourth-order valence-electron chi connectivity index (χ4n) is 2.38. The molecule has 0 amide bonds. The van der Waals surface area contributed by atoms with Crippen LogP contribution in [-0.2, 0) is 0 Å². The Bertz CT molecular complexity index is 587. The van der Waals surface area contributed by atoms with Gasteiger partial charge in [0.05, 0.1) is 12.7 Å². The van der Waals surface area contributed by atoms with E-state index in [4.69, 9.17) is 0 Å². The summed E-state index contributed by atoms with van der Waals surface area (Å²) in [4.78, 5) is 2.29. The Balaban J connectivity index is 1.86. The summed E-state index contributed by atoms with van der Waals surface area (Å²) in [7, 11) is 0. The Morgan fingerprint density at radius 3 is 2.30 bits per heavy atom. The number of rotatable bonds is 4. The first-order valence-electron chi connectivity index (χ1n) is 6.87. The van der Waals surface area contributed by atoms with Gasteiger partial charge in [0.15, 0.2) is 0 Å². The number of benzene rings is 2. The van der Waals surface area contributed by atoms with Gasteiger partial charge in [-0.3, -0.25) is 0 Å². The lowest BCUT2D eigenvalue weighted by Gasteiger charge is -2.25. The van der Waals surface area contributed by atoms with Gasteiger partial charge in [-0.25, -0.2) is 0 Å². The quantitative estimate of drug-likeness (QED) is 0.902. The molecule has 0 saturated heterocycles. The molecule has 20 heavy (non-hydrogen) atoms. The summed E-state index contributed by atoms with van der Waals surface area (Å²) in [6.45, 7) is 0.846. The summed E-state index contributed by atoms with van der Waals surface area (Å²) >= 11 is 0. The van der Waals surface area contributed by atoms with Gasteiger partial charge in [0.2, 0.25) is 0 Å². The topological polar surface area (TPSA) is 15.3 Å². The lowest BCUT2D eigenvalue weighted by Crippen LogP contribution is -2.24. The molecule has 2 aromatic rings. The molecule has 1 aliphatic rings. The molecule has 1 aliphatic heterocycles. The van der Waals surface area contributed by atoms with Crippen molar-refractivity contribution in [2.24, 2.45) is 0 Å². The number of hydrogen-bond donors (Lipinski definition) is 1. The molecule has 0 bridgehead atoms. The van der Waals surface area contributed by atoms with E-state index >= 15 is 0 Å². The number of nitrogens with zero attached hydrogens (tertiary/aromatic N) is 1. The highest BCUT2D eigenvalue weighted by atomic mass is 15.3. The Kier molecular flexibility index (Phi) is 3.83. The maximum absolute atomic E-state index is 3.23. The van der Waals surface area contributed by atoms with Crippen LogP contribution in [-0.4, -0.2) is 11.6 Å². The zero-order valence-electron chi connectivity index (χ0n) is 11.3. The molecule has 2 aromatic carbocycles. The van der Waals surface area contributed by atoms with Gasteiger partial charge in [-0.05, 0) is 11.1 Å². The fraction of sp³-hybridized carbons (Fsp3) is 0.111. The first-order valence-corrected chi connectivity index (χ1v) is 6.87. The van der Waals surface area contributed by atoms with Crippen LogP contribution in [0.1, 0.15) is 17.2 Å². The summed E-state index contributed by atoms with van der Waals surface area (Å²) < 4.78 is 0. The molecule has 1 heterocycles. The minimum atomic E-state index is 0.252. The van der Waals surface area contributed by atoms with Gasteiger partial charge in [0.25, 0.3) is 0 Å². The zero-order chi connectivity index (χ0) is 13.6. The normalized spacial score (nSPS) is 15.5. The van der Waals surface area contributed by atoms with Crippen molar-refractivity contribution >= 4 is 6.08 Å². The zero-order valence-corrected chi connectivity index (χ0v) is 11.3. The van der Waals surface area contributed by atoms with Gasteiger partial charge >= 0.3 is 0 Å². The lowest BCUT2D eigenvalue weighted by atomic mass is 10.0. The van der Waals surface area contributed by atoms with Crippen LogP contribution in [0.4, 0.5) is 0 Å². The Morgan fingerprint density at radius 1 is 0.950 bits per heavy atom. The predicted octanol–water partition coefficient (Wildman–Crippen LogP) is 3.78. The van der Waals surface area contributed by atoms with Gasteiger partial charge in [0, 0.05) is 12.4 Å². The monoisotopic (exact) mass is 262 g/mol. The van der Waals surface area contributed by atoms with Gasteiger partial charge in [-0.1, -0.05) is 72.8 Å². The van der Waals surface area contributed by atoms with Crippen molar-refractivity contribution in [3.8, 4) is 0 Å².